The number of benzene rings is 2. The first-order valence-electron chi connectivity index (χ1n) is 5.05. The SMILES string of the molecule is COc1cccc(Nc2ccc(F)cc2F)c1. The molecule has 17 heavy (non-hydrogen) atoms. The van der Waals surface area contributed by atoms with Crippen molar-refractivity contribution in [3.05, 3.63) is 54.1 Å². The van der Waals surface area contributed by atoms with Gasteiger partial charge in [-0.2, -0.15) is 0 Å². The summed E-state index contributed by atoms with van der Waals surface area (Å²) in [7, 11) is 1.55. The molecule has 0 atom stereocenters. The van der Waals surface area contributed by atoms with Gasteiger partial charge in [0.2, 0.25) is 0 Å². The second-order valence-corrected chi connectivity index (χ2v) is 3.48. The number of halogens is 2. The van der Waals surface area contributed by atoms with E-state index in [-0.39, 0.29) is 5.69 Å². The number of rotatable bonds is 3. The second-order valence-electron chi connectivity index (χ2n) is 3.48. The van der Waals surface area contributed by atoms with Gasteiger partial charge in [0.25, 0.3) is 0 Å². The lowest BCUT2D eigenvalue weighted by Gasteiger charge is -2.08. The number of hydrogen-bond acceptors (Lipinski definition) is 2. The third kappa shape index (κ3) is 2.72. The normalized spacial score (nSPS) is 10.1. The molecule has 0 unspecified atom stereocenters. The van der Waals surface area contributed by atoms with Crippen molar-refractivity contribution in [2.75, 3.05) is 12.4 Å². The minimum atomic E-state index is -0.632. The first-order valence-corrected chi connectivity index (χ1v) is 5.05. The van der Waals surface area contributed by atoms with Crippen molar-refractivity contribution in [3.8, 4) is 5.75 Å². The third-order valence-electron chi connectivity index (χ3n) is 2.28. The van der Waals surface area contributed by atoms with E-state index in [2.05, 4.69) is 5.32 Å². The summed E-state index contributed by atoms with van der Waals surface area (Å²) in [5.74, 6) is -0.566. The monoisotopic (exact) mass is 235 g/mol. The predicted octanol–water partition coefficient (Wildman–Crippen LogP) is 3.72. The molecule has 2 aromatic carbocycles. The van der Waals surface area contributed by atoms with E-state index >= 15 is 0 Å². The van der Waals surface area contributed by atoms with Crippen molar-refractivity contribution in [2.45, 2.75) is 0 Å². The lowest BCUT2D eigenvalue weighted by Crippen LogP contribution is -1.94. The van der Waals surface area contributed by atoms with Crippen LogP contribution in [0.25, 0.3) is 0 Å². The van der Waals surface area contributed by atoms with E-state index < -0.39 is 11.6 Å². The van der Waals surface area contributed by atoms with E-state index in [1.165, 1.54) is 12.1 Å². The standard InChI is InChI=1S/C13H11F2NO/c1-17-11-4-2-3-10(8-11)16-13-6-5-9(14)7-12(13)15/h2-8,16H,1H3. The topological polar surface area (TPSA) is 21.3 Å². The van der Waals surface area contributed by atoms with Crippen molar-refractivity contribution >= 4 is 11.4 Å². The highest BCUT2D eigenvalue weighted by molar-refractivity contribution is 5.61. The second kappa shape index (κ2) is 4.82. The highest BCUT2D eigenvalue weighted by Gasteiger charge is 2.04. The number of ether oxygens (including phenoxy) is 1. The van der Waals surface area contributed by atoms with Crippen LogP contribution < -0.4 is 10.1 Å². The Morgan fingerprint density at radius 1 is 1.06 bits per heavy atom. The number of nitrogens with one attached hydrogen (secondary N) is 1. The molecule has 0 aliphatic heterocycles. The van der Waals surface area contributed by atoms with Gasteiger partial charge < -0.3 is 10.1 Å². The van der Waals surface area contributed by atoms with Crippen LogP contribution in [0.2, 0.25) is 0 Å². The molecule has 0 aliphatic rings. The Hall–Kier alpha value is -2.10. The summed E-state index contributed by atoms with van der Waals surface area (Å²) < 4.78 is 31.2. The summed E-state index contributed by atoms with van der Waals surface area (Å²) in [6.45, 7) is 0. The smallest absolute Gasteiger partial charge is 0.149 e. The maximum atomic E-state index is 13.4. The molecule has 0 bridgehead atoms. The minimum absolute atomic E-state index is 0.222. The lowest BCUT2D eigenvalue weighted by molar-refractivity contribution is 0.415. The van der Waals surface area contributed by atoms with Crippen LogP contribution in [0.1, 0.15) is 0 Å². The molecule has 2 nitrogen and oxygen atoms in total. The summed E-state index contributed by atoms with van der Waals surface area (Å²) in [4.78, 5) is 0. The van der Waals surface area contributed by atoms with Crippen LogP contribution in [0.15, 0.2) is 42.5 Å². The minimum Gasteiger partial charge on any atom is -0.497 e. The van der Waals surface area contributed by atoms with E-state index in [0.717, 1.165) is 6.07 Å². The van der Waals surface area contributed by atoms with E-state index in [9.17, 15) is 8.78 Å². The van der Waals surface area contributed by atoms with Gasteiger partial charge in [0.05, 0.1) is 12.8 Å². The first-order chi connectivity index (χ1) is 8.19. The van der Waals surface area contributed by atoms with Crippen LogP contribution in [-0.4, -0.2) is 7.11 Å². The molecule has 2 aromatic rings. The number of methoxy groups -OCH3 is 1. The molecule has 0 saturated heterocycles. The Kier molecular flexibility index (Phi) is 3.23. The molecule has 0 amide bonds. The Bertz CT molecular complexity index is 529. The fourth-order valence-electron chi connectivity index (χ4n) is 1.45. The molecule has 2 rings (SSSR count). The molecule has 88 valence electrons. The maximum Gasteiger partial charge on any atom is 0.149 e. The third-order valence-corrected chi connectivity index (χ3v) is 2.28. The van der Waals surface area contributed by atoms with Gasteiger partial charge in [-0.25, -0.2) is 8.78 Å². The Balaban J connectivity index is 2.25. The van der Waals surface area contributed by atoms with Crippen LogP contribution in [0.5, 0.6) is 5.75 Å². The first kappa shape index (κ1) is 11.4. The van der Waals surface area contributed by atoms with Gasteiger partial charge in [-0.3, -0.25) is 0 Å². The lowest BCUT2D eigenvalue weighted by atomic mass is 10.2. The van der Waals surface area contributed by atoms with Crippen LogP contribution in [-0.2, 0) is 0 Å². The van der Waals surface area contributed by atoms with Crippen molar-refractivity contribution in [1.82, 2.24) is 0 Å². The number of hydrogen-bond donors (Lipinski definition) is 1. The summed E-state index contributed by atoms with van der Waals surface area (Å²) in [6.07, 6.45) is 0. The molecule has 4 heteroatoms. The van der Waals surface area contributed by atoms with Gasteiger partial charge >= 0.3 is 0 Å². The van der Waals surface area contributed by atoms with Crippen LogP contribution >= 0.6 is 0 Å². The van der Waals surface area contributed by atoms with Crippen LogP contribution in [0.3, 0.4) is 0 Å². The average molecular weight is 235 g/mol. The predicted molar refractivity (Wildman–Crippen MR) is 62.6 cm³/mol. The van der Waals surface area contributed by atoms with E-state index in [1.807, 2.05) is 0 Å². The molecular weight excluding hydrogens is 224 g/mol. The average Bonchev–Trinajstić information content (AvgIpc) is 2.33. The van der Waals surface area contributed by atoms with Gasteiger partial charge in [-0.15, -0.1) is 0 Å². The zero-order chi connectivity index (χ0) is 12.3. The summed E-state index contributed by atoms with van der Waals surface area (Å²) in [5, 5.41) is 2.85. The zero-order valence-electron chi connectivity index (χ0n) is 9.21. The number of anilines is 2. The Morgan fingerprint density at radius 3 is 2.59 bits per heavy atom. The van der Waals surface area contributed by atoms with Crippen molar-refractivity contribution in [3.63, 3.8) is 0 Å². The molecule has 0 aromatic heterocycles. The van der Waals surface area contributed by atoms with Crippen LogP contribution in [0, 0.1) is 11.6 Å². The highest BCUT2D eigenvalue weighted by atomic mass is 19.1. The zero-order valence-corrected chi connectivity index (χ0v) is 9.21. The van der Waals surface area contributed by atoms with Crippen molar-refractivity contribution in [1.29, 1.82) is 0 Å². The van der Waals surface area contributed by atoms with Crippen LogP contribution in [0.4, 0.5) is 20.2 Å². The maximum absolute atomic E-state index is 13.4. The fraction of sp³-hybridized carbons (Fsp3) is 0.0769. The van der Waals surface area contributed by atoms with Gasteiger partial charge in [0.15, 0.2) is 0 Å². The van der Waals surface area contributed by atoms with Gasteiger partial charge in [-0.1, -0.05) is 6.07 Å². The molecule has 0 saturated carbocycles. The summed E-state index contributed by atoms with van der Waals surface area (Å²) in [5.41, 5.74) is 0.898. The molecule has 0 aliphatic carbocycles. The molecule has 0 radical (unpaired) electrons. The summed E-state index contributed by atoms with van der Waals surface area (Å²) in [6, 6.07) is 10.4. The van der Waals surface area contributed by atoms with Crippen molar-refractivity contribution in [2.24, 2.45) is 0 Å². The quantitative estimate of drug-likeness (QED) is 0.875. The van der Waals surface area contributed by atoms with Gasteiger partial charge in [0, 0.05) is 17.8 Å². The van der Waals surface area contributed by atoms with Gasteiger partial charge in [0.1, 0.15) is 17.4 Å². The Labute approximate surface area is 97.8 Å². The molecule has 0 fully saturated rings. The summed E-state index contributed by atoms with van der Waals surface area (Å²) >= 11 is 0. The largest absolute Gasteiger partial charge is 0.497 e. The highest BCUT2D eigenvalue weighted by Crippen LogP contribution is 2.23. The van der Waals surface area contributed by atoms with Crippen molar-refractivity contribution < 1.29 is 13.5 Å². The molecular formula is C13H11F2NO. The van der Waals surface area contributed by atoms with E-state index in [0.29, 0.717) is 11.4 Å². The Morgan fingerprint density at radius 2 is 1.88 bits per heavy atom. The molecule has 0 heterocycles. The van der Waals surface area contributed by atoms with Gasteiger partial charge in [-0.05, 0) is 24.3 Å². The fourth-order valence-corrected chi connectivity index (χ4v) is 1.45. The van der Waals surface area contributed by atoms with E-state index in [1.54, 1.807) is 31.4 Å². The van der Waals surface area contributed by atoms with E-state index in [4.69, 9.17) is 4.74 Å². The molecule has 1 N–H and O–H groups in total. The molecule has 0 spiro atoms.